The van der Waals surface area contributed by atoms with Crippen molar-refractivity contribution in [3.8, 4) is 0 Å². The van der Waals surface area contributed by atoms with E-state index < -0.39 is 12.6 Å². The van der Waals surface area contributed by atoms with Crippen LogP contribution < -0.4 is 5.56 Å². The summed E-state index contributed by atoms with van der Waals surface area (Å²) in [4.78, 5) is 32.5. The van der Waals surface area contributed by atoms with Crippen LogP contribution in [0, 0.1) is 12.8 Å². The zero-order chi connectivity index (χ0) is 25.4. The molecule has 3 aromatic rings. The number of aromatic amines is 1. The largest absolute Gasteiger partial charge is 0.390 e. The van der Waals surface area contributed by atoms with Gasteiger partial charge in [-0.15, -0.1) is 0 Å². The standard InChI is InChI=1S/C25H30F3N5O3/c1-16-12-21-19(13-18(16)24(35)32-8-6-31(7-9-32)5-4-25(26,27)28)22-20(23(34)30-21)14-29-33(22)15-17-2-10-36-11-3-17/h12-14,17H,2-11,15H2,1H3,(H,30,34). The van der Waals surface area contributed by atoms with Crippen molar-refractivity contribution in [3.05, 3.63) is 39.8 Å². The molecule has 1 N–H and O–H groups in total. The fourth-order valence-corrected chi connectivity index (χ4v) is 5.20. The highest BCUT2D eigenvalue weighted by Gasteiger charge is 2.30. The zero-order valence-electron chi connectivity index (χ0n) is 20.2. The van der Waals surface area contributed by atoms with Gasteiger partial charge in [-0.1, -0.05) is 0 Å². The molecule has 2 saturated heterocycles. The average molecular weight is 506 g/mol. The Morgan fingerprint density at radius 2 is 1.86 bits per heavy atom. The predicted molar refractivity (Wildman–Crippen MR) is 129 cm³/mol. The fraction of sp³-hybridized carbons (Fsp3) is 0.560. The minimum absolute atomic E-state index is 0.0526. The first-order valence-corrected chi connectivity index (χ1v) is 12.4. The number of halogens is 3. The zero-order valence-corrected chi connectivity index (χ0v) is 20.2. The van der Waals surface area contributed by atoms with Crippen LogP contribution in [0.3, 0.4) is 0 Å². The number of amides is 1. The van der Waals surface area contributed by atoms with Gasteiger partial charge in [0.25, 0.3) is 11.5 Å². The third-order valence-electron chi connectivity index (χ3n) is 7.33. The SMILES string of the molecule is Cc1cc2[nH]c(=O)c3cnn(CC4CCOCC4)c3c2cc1C(=O)N1CCN(CCC(F)(F)F)CC1. The van der Waals surface area contributed by atoms with Gasteiger partial charge in [0.05, 0.1) is 29.0 Å². The Labute approximate surface area is 206 Å². The summed E-state index contributed by atoms with van der Waals surface area (Å²) in [6.07, 6.45) is -1.59. The highest BCUT2D eigenvalue weighted by molar-refractivity contribution is 6.07. The maximum absolute atomic E-state index is 13.5. The van der Waals surface area contributed by atoms with Crippen LogP contribution in [-0.2, 0) is 11.3 Å². The molecule has 1 amide bonds. The van der Waals surface area contributed by atoms with E-state index in [2.05, 4.69) is 10.1 Å². The molecule has 0 saturated carbocycles. The highest BCUT2D eigenvalue weighted by atomic mass is 19.4. The monoisotopic (exact) mass is 505 g/mol. The molecule has 8 nitrogen and oxygen atoms in total. The van der Waals surface area contributed by atoms with Gasteiger partial charge in [-0.2, -0.15) is 18.3 Å². The summed E-state index contributed by atoms with van der Waals surface area (Å²) in [5.41, 5.74) is 2.40. The van der Waals surface area contributed by atoms with Crippen molar-refractivity contribution in [1.29, 1.82) is 0 Å². The molecule has 5 rings (SSSR count). The molecule has 0 radical (unpaired) electrons. The minimum atomic E-state index is -4.18. The molecular formula is C25H30F3N5O3. The molecule has 2 aromatic heterocycles. The van der Waals surface area contributed by atoms with Crippen molar-refractivity contribution in [2.75, 3.05) is 45.9 Å². The van der Waals surface area contributed by atoms with Gasteiger partial charge in [-0.3, -0.25) is 19.2 Å². The van der Waals surface area contributed by atoms with E-state index in [0.29, 0.717) is 73.8 Å². The van der Waals surface area contributed by atoms with E-state index in [1.54, 1.807) is 16.0 Å². The number of nitrogens with zero attached hydrogens (tertiary/aromatic N) is 4. The van der Waals surface area contributed by atoms with Crippen LogP contribution in [0.4, 0.5) is 13.2 Å². The Kier molecular flexibility index (Phi) is 6.78. The summed E-state index contributed by atoms with van der Waals surface area (Å²) in [6.45, 7) is 5.43. The lowest BCUT2D eigenvalue weighted by atomic mass is 10.00. The molecule has 11 heteroatoms. The normalized spacial score (nSPS) is 18.4. The average Bonchev–Trinajstić information content (AvgIpc) is 3.27. The molecule has 0 spiro atoms. The van der Waals surface area contributed by atoms with Gasteiger partial charge < -0.3 is 14.6 Å². The third-order valence-corrected chi connectivity index (χ3v) is 7.33. The second-order valence-electron chi connectivity index (χ2n) is 9.81. The molecule has 2 fully saturated rings. The summed E-state index contributed by atoms with van der Waals surface area (Å²) < 4.78 is 45.0. The molecule has 4 heterocycles. The highest BCUT2D eigenvalue weighted by Crippen LogP contribution is 2.28. The molecular weight excluding hydrogens is 475 g/mol. The fourth-order valence-electron chi connectivity index (χ4n) is 5.20. The maximum atomic E-state index is 13.5. The Balaban J connectivity index is 1.42. The van der Waals surface area contributed by atoms with Crippen molar-refractivity contribution in [2.45, 2.75) is 38.9 Å². The van der Waals surface area contributed by atoms with Crippen molar-refractivity contribution in [3.63, 3.8) is 0 Å². The van der Waals surface area contributed by atoms with Gasteiger partial charge in [-0.05, 0) is 43.4 Å². The van der Waals surface area contributed by atoms with E-state index >= 15 is 0 Å². The molecule has 0 unspecified atom stereocenters. The van der Waals surface area contributed by atoms with Crippen molar-refractivity contribution >= 4 is 27.7 Å². The topological polar surface area (TPSA) is 83.5 Å². The number of carbonyl (C=O) groups excluding carboxylic acids is 1. The number of ether oxygens (including phenoxy) is 1. The number of H-pyrrole nitrogens is 1. The Morgan fingerprint density at radius 3 is 2.56 bits per heavy atom. The second-order valence-corrected chi connectivity index (χ2v) is 9.81. The number of nitrogens with one attached hydrogen (secondary N) is 1. The van der Waals surface area contributed by atoms with E-state index in [0.717, 1.165) is 23.8 Å². The van der Waals surface area contributed by atoms with Gasteiger partial charge >= 0.3 is 6.18 Å². The number of carbonyl (C=O) groups is 1. The Hall–Kier alpha value is -2.92. The molecule has 194 valence electrons. The number of fused-ring (bicyclic) bond motifs is 3. The van der Waals surface area contributed by atoms with Crippen LogP contribution in [0.5, 0.6) is 0 Å². The molecule has 0 atom stereocenters. The Bertz CT molecular complexity index is 1320. The number of aryl methyl sites for hydroxylation is 1. The van der Waals surface area contributed by atoms with E-state index in [4.69, 9.17) is 4.74 Å². The van der Waals surface area contributed by atoms with Gasteiger partial charge in [0.1, 0.15) is 0 Å². The van der Waals surface area contributed by atoms with Gasteiger partial charge in [0.15, 0.2) is 0 Å². The van der Waals surface area contributed by atoms with Gasteiger partial charge in [0.2, 0.25) is 0 Å². The quantitative estimate of drug-likeness (QED) is 0.575. The van der Waals surface area contributed by atoms with Crippen molar-refractivity contribution in [1.82, 2.24) is 24.6 Å². The first-order chi connectivity index (χ1) is 17.2. The summed E-state index contributed by atoms with van der Waals surface area (Å²) in [6, 6.07) is 3.64. The molecule has 2 aliphatic heterocycles. The van der Waals surface area contributed by atoms with Crippen LogP contribution in [0.25, 0.3) is 21.8 Å². The van der Waals surface area contributed by atoms with Gasteiger partial charge in [0, 0.05) is 63.4 Å². The first kappa shape index (κ1) is 24.8. The number of hydrogen-bond acceptors (Lipinski definition) is 5. The smallest absolute Gasteiger partial charge is 0.381 e. The number of benzene rings is 1. The summed E-state index contributed by atoms with van der Waals surface area (Å²) in [5.74, 6) is 0.246. The second kappa shape index (κ2) is 9.85. The number of rotatable bonds is 5. The maximum Gasteiger partial charge on any atom is 0.390 e. The lowest BCUT2D eigenvalue weighted by Crippen LogP contribution is -2.49. The van der Waals surface area contributed by atoms with E-state index in [-0.39, 0.29) is 18.0 Å². The number of hydrogen-bond donors (Lipinski definition) is 1. The number of pyridine rings is 1. The summed E-state index contributed by atoms with van der Waals surface area (Å²) in [5, 5.41) is 5.74. The minimum Gasteiger partial charge on any atom is -0.381 e. The number of alkyl halides is 3. The van der Waals surface area contributed by atoms with Gasteiger partial charge in [-0.25, -0.2) is 0 Å². The van der Waals surface area contributed by atoms with Crippen molar-refractivity contribution < 1.29 is 22.7 Å². The first-order valence-electron chi connectivity index (χ1n) is 12.4. The van der Waals surface area contributed by atoms with Crippen LogP contribution in [0.2, 0.25) is 0 Å². The van der Waals surface area contributed by atoms with E-state index in [1.807, 2.05) is 23.7 Å². The Morgan fingerprint density at radius 1 is 1.14 bits per heavy atom. The molecule has 2 aliphatic rings. The number of aromatic nitrogens is 3. The molecule has 0 aliphatic carbocycles. The summed E-state index contributed by atoms with van der Waals surface area (Å²) in [7, 11) is 0. The molecule has 0 bridgehead atoms. The third kappa shape index (κ3) is 5.12. The van der Waals surface area contributed by atoms with Crippen LogP contribution >= 0.6 is 0 Å². The summed E-state index contributed by atoms with van der Waals surface area (Å²) >= 11 is 0. The lowest BCUT2D eigenvalue weighted by Gasteiger charge is -2.35. The van der Waals surface area contributed by atoms with E-state index in [1.165, 1.54) is 0 Å². The molecule has 36 heavy (non-hydrogen) atoms. The van der Waals surface area contributed by atoms with Crippen LogP contribution in [-0.4, -0.2) is 82.6 Å². The number of piperazine rings is 1. The lowest BCUT2D eigenvalue weighted by molar-refractivity contribution is -0.138. The van der Waals surface area contributed by atoms with Crippen LogP contribution in [0.15, 0.2) is 23.1 Å². The van der Waals surface area contributed by atoms with E-state index in [9.17, 15) is 22.8 Å². The molecule has 1 aromatic carbocycles. The predicted octanol–water partition coefficient (Wildman–Crippen LogP) is 3.32. The van der Waals surface area contributed by atoms with Crippen LogP contribution in [0.1, 0.15) is 35.2 Å². The van der Waals surface area contributed by atoms with Crippen molar-refractivity contribution in [2.24, 2.45) is 5.92 Å².